The Labute approximate surface area is 90.1 Å². The summed E-state index contributed by atoms with van der Waals surface area (Å²) in [6.07, 6.45) is 0.479. The van der Waals surface area contributed by atoms with Crippen LogP contribution < -0.4 is 10.6 Å². The predicted molar refractivity (Wildman–Crippen MR) is 51.3 cm³/mol. The number of nitrogens with zero attached hydrogens (tertiary/aromatic N) is 3. The van der Waals surface area contributed by atoms with Crippen LogP contribution in [-0.4, -0.2) is 34.5 Å². The number of carbonyl (C=O) groups excluding carboxylic acids is 2. The molecule has 2 amide bonds. The van der Waals surface area contributed by atoms with Crippen molar-refractivity contribution < 1.29 is 14.1 Å². The highest BCUT2D eigenvalue weighted by Crippen LogP contribution is 1.96. The Hall–Kier alpha value is -2.25. The number of nitrogens with one attached hydrogen (secondary N) is 2. The van der Waals surface area contributed by atoms with E-state index in [9.17, 15) is 9.59 Å². The summed E-state index contributed by atoms with van der Waals surface area (Å²) < 4.78 is 4.77. The first-order valence-electron chi connectivity index (χ1n) is 4.61. The van der Waals surface area contributed by atoms with E-state index in [-0.39, 0.29) is 5.96 Å². The molecule has 0 radical (unpaired) electrons. The van der Waals surface area contributed by atoms with Crippen molar-refractivity contribution in [3.63, 3.8) is 0 Å². The molecule has 2 rings (SSSR count). The summed E-state index contributed by atoms with van der Waals surface area (Å²) in [7, 11) is 0. The van der Waals surface area contributed by atoms with Crippen LogP contribution in [0.4, 0.5) is 0 Å². The van der Waals surface area contributed by atoms with Crippen molar-refractivity contribution in [1.82, 2.24) is 20.8 Å². The molecule has 2 heterocycles. The lowest BCUT2D eigenvalue weighted by atomic mass is 10.4. The van der Waals surface area contributed by atoms with Gasteiger partial charge in [-0.15, -0.1) is 0 Å². The summed E-state index contributed by atoms with van der Waals surface area (Å²) in [5.74, 6) is -0.207. The highest BCUT2D eigenvalue weighted by molar-refractivity contribution is 6.45. The third-order valence-corrected chi connectivity index (χ3v) is 1.85. The summed E-state index contributed by atoms with van der Waals surface area (Å²) in [5, 5.41) is 8.24. The van der Waals surface area contributed by atoms with Gasteiger partial charge in [-0.1, -0.05) is 5.16 Å². The van der Waals surface area contributed by atoms with Gasteiger partial charge in [0.05, 0.1) is 6.54 Å². The largest absolute Gasteiger partial charge is 0.340 e. The average molecular weight is 223 g/mol. The van der Waals surface area contributed by atoms with E-state index in [1.54, 1.807) is 6.92 Å². The molecule has 1 saturated heterocycles. The van der Waals surface area contributed by atoms with Crippen LogP contribution in [0.25, 0.3) is 0 Å². The van der Waals surface area contributed by atoms with Crippen LogP contribution in [-0.2, 0) is 16.0 Å². The van der Waals surface area contributed by atoms with Crippen molar-refractivity contribution in [1.29, 1.82) is 0 Å². The number of carbonyl (C=O) groups is 2. The minimum absolute atomic E-state index is 0.162. The van der Waals surface area contributed by atoms with Crippen LogP contribution in [0.2, 0.25) is 0 Å². The topological polar surface area (TPSA) is 109 Å². The van der Waals surface area contributed by atoms with E-state index in [0.717, 1.165) is 0 Å². The Morgan fingerprint density at radius 1 is 1.31 bits per heavy atom. The second-order valence-corrected chi connectivity index (χ2v) is 3.12. The van der Waals surface area contributed by atoms with Gasteiger partial charge in [0.15, 0.2) is 5.82 Å². The zero-order valence-electron chi connectivity index (χ0n) is 8.48. The van der Waals surface area contributed by atoms with Gasteiger partial charge in [0.1, 0.15) is 0 Å². The number of aryl methyl sites for hydroxylation is 1. The zero-order chi connectivity index (χ0) is 11.5. The maximum absolute atomic E-state index is 10.8. The second-order valence-electron chi connectivity index (χ2n) is 3.12. The first-order valence-corrected chi connectivity index (χ1v) is 4.61. The molecule has 8 nitrogen and oxygen atoms in total. The second kappa shape index (κ2) is 4.09. The Balaban J connectivity index is 1.86. The summed E-state index contributed by atoms with van der Waals surface area (Å²) in [6, 6.07) is 0. The normalized spacial score (nSPS) is 14.9. The van der Waals surface area contributed by atoms with Crippen LogP contribution >= 0.6 is 0 Å². The Morgan fingerprint density at radius 3 is 2.56 bits per heavy atom. The fraction of sp³-hybridized carbons (Fsp3) is 0.375. The Kier molecular flexibility index (Phi) is 2.63. The van der Waals surface area contributed by atoms with Crippen LogP contribution in [0.3, 0.4) is 0 Å². The molecule has 0 saturated carbocycles. The third-order valence-electron chi connectivity index (χ3n) is 1.85. The summed E-state index contributed by atoms with van der Waals surface area (Å²) >= 11 is 0. The van der Waals surface area contributed by atoms with Crippen molar-refractivity contribution in [2.24, 2.45) is 4.99 Å². The molecule has 16 heavy (non-hydrogen) atoms. The van der Waals surface area contributed by atoms with Crippen LogP contribution in [0, 0.1) is 6.92 Å². The van der Waals surface area contributed by atoms with E-state index in [1.807, 2.05) is 0 Å². The van der Waals surface area contributed by atoms with Gasteiger partial charge in [0.25, 0.3) is 0 Å². The van der Waals surface area contributed by atoms with E-state index in [0.29, 0.717) is 24.7 Å². The van der Waals surface area contributed by atoms with Gasteiger partial charge in [0, 0.05) is 13.3 Å². The summed E-state index contributed by atoms with van der Waals surface area (Å²) in [6.45, 7) is 2.05. The number of rotatable bonds is 3. The Bertz CT molecular complexity index is 446. The van der Waals surface area contributed by atoms with Gasteiger partial charge < -0.3 is 4.52 Å². The standard InChI is InChI=1S/C8H9N5O3/c1-4-10-5(13-16-4)2-3-9-8-11-6(14)7(15)12-8/h2-3H2,1H3,(H2,9,11,12,14,15). The molecule has 0 aliphatic carbocycles. The Morgan fingerprint density at radius 2 is 2.00 bits per heavy atom. The monoisotopic (exact) mass is 223 g/mol. The average Bonchev–Trinajstić information content (AvgIpc) is 2.75. The molecule has 0 spiro atoms. The van der Waals surface area contributed by atoms with Gasteiger partial charge in [-0.25, -0.2) is 0 Å². The quantitative estimate of drug-likeness (QED) is 0.607. The number of guanidine groups is 1. The first kappa shape index (κ1) is 10.3. The molecule has 0 atom stereocenters. The van der Waals surface area contributed by atoms with Gasteiger partial charge >= 0.3 is 11.8 Å². The zero-order valence-corrected chi connectivity index (χ0v) is 8.48. The lowest BCUT2D eigenvalue weighted by molar-refractivity contribution is -0.135. The van der Waals surface area contributed by atoms with Gasteiger partial charge in [0.2, 0.25) is 11.9 Å². The molecular formula is C8H9N5O3. The minimum Gasteiger partial charge on any atom is -0.340 e. The van der Waals surface area contributed by atoms with E-state index in [4.69, 9.17) is 4.52 Å². The fourth-order valence-corrected chi connectivity index (χ4v) is 1.15. The smallest absolute Gasteiger partial charge is 0.316 e. The summed E-state index contributed by atoms with van der Waals surface area (Å²) in [4.78, 5) is 29.5. The molecular weight excluding hydrogens is 214 g/mol. The number of amides is 2. The predicted octanol–water partition coefficient (Wildman–Crippen LogP) is -1.48. The van der Waals surface area contributed by atoms with Crippen LogP contribution in [0.15, 0.2) is 9.52 Å². The molecule has 0 aromatic carbocycles. The summed E-state index contributed by atoms with van der Waals surface area (Å²) in [5.41, 5.74) is 0. The van der Waals surface area contributed by atoms with Gasteiger partial charge in [-0.05, 0) is 0 Å². The molecule has 1 fully saturated rings. The molecule has 0 unspecified atom stereocenters. The van der Waals surface area contributed by atoms with Crippen LogP contribution in [0.5, 0.6) is 0 Å². The first-order chi connectivity index (χ1) is 7.65. The van der Waals surface area contributed by atoms with Crippen molar-refractivity contribution in [2.75, 3.05) is 6.54 Å². The molecule has 8 heteroatoms. The minimum atomic E-state index is -0.700. The molecule has 0 bridgehead atoms. The highest BCUT2D eigenvalue weighted by Gasteiger charge is 2.24. The molecule has 1 aromatic rings. The van der Waals surface area contributed by atoms with Crippen molar-refractivity contribution in [3.05, 3.63) is 11.7 Å². The SMILES string of the molecule is Cc1nc(CCN=C2NC(=O)C(=O)N2)no1. The van der Waals surface area contributed by atoms with E-state index in [1.165, 1.54) is 0 Å². The van der Waals surface area contributed by atoms with E-state index >= 15 is 0 Å². The third kappa shape index (κ3) is 2.22. The van der Waals surface area contributed by atoms with Crippen molar-refractivity contribution >= 4 is 17.8 Å². The molecule has 1 aliphatic heterocycles. The lowest BCUT2D eigenvalue weighted by Crippen LogP contribution is -2.26. The van der Waals surface area contributed by atoms with Gasteiger partial charge in [-0.3, -0.25) is 25.2 Å². The fourth-order valence-electron chi connectivity index (χ4n) is 1.15. The molecule has 1 aliphatic rings. The van der Waals surface area contributed by atoms with Crippen molar-refractivity contribution in [2.45, 2.75) is 13.3 Å². The van der Waals surface area contributed by atoms with E-state index in [2.05, 4.69) is 25.8 Å². The maximum Gasteiger partial charge on any atom is 0.316 e. The molecule has 1 aromatic heterocycles. The van der Waals surface area contributed by atoms with Crippen molar-refractivity contribution in [3.8, 4) is 0 Å². The maximum atomic E-state index is 10.8. The number of aliphatic imine (C=N–C) groups is 1. The number of aromatic nitrogens is 2. The van der Waals surface area contributed by atoms with Crippen LogP contribution in [0.1, 0.15) is 11.7 Å². The van der Waals surface area contributed by atoms with Gasteiger partial charge in [-0.2, -0.15) is 4.98 Å². The molecule has 2 N–H and O–H groups in total. The number of hydrogen-bond acceptors (Lipinski definition) is 6. The lowest BCUT2D eigenvalue weighted by Gasteiger charge is -1.94. The highest BCUT2D eigenvalue weighted by atomic mass is 16.5. The van der Waals surface area contributed by atoms with E-state index < -0.39 is 11.8 Å². The molecule has 84 valence electrons. The number of hydrogen-bond donors (Lipinski definition) is 2.